The smallest absolute Gasteiger partial charge is 0.326 e. The molecule has 0 N–H and O–H groups in total. The largest absolute Gasteiger partial charge is 0.465 e. The van der Waals surface area contributed by atoms with E-state index in [1.165, 1.54) is 28.8 Å². The summed E-state index contributed by atoms with van der Waals surface area (Å²) < 4.78 is 19.8. The lowest BCUT2D eigenvalue weighted by Crippen LogP contribution is -2.32. The van der Waals surface area contributed by atoms with Gasteiger partial charge in [0.05, 0.1) is 23.2 Å². The highest BCUT2D eigenvalue weighted by atomic mass is 32.2. The van der Waals surface area contributed by atoms with Crippen LogP contribution < -0.4 is 9.77 Å². The van der Waals surface area contributed by atoms with Crippen LogP contribution in [0, 0.1) is 11.7 Å². The molecule has 174 valence electrons. The van der Waals surface area contributed by atoms with E-state index >= 15 is 0 Å². The monoisotopic (exact) mass is 498 g/mol. The third-order valence-corrected chi connectivity index (χ3v) is 8.49. The van der Waals surface area contributed by atoms with E-state index in [1.54, 1.807) is 6.92 Å². The van der Waals surface area contributed by atoms with Crippen LogP contribution in [0.1, 0.15) is 23.3 Å². The van der Waals surface area contributed by atoms with Gasteiger partial charge in [-0.1, -0.05) is 53.4 Å². The Morgan fingerprint density at radius 2 is 1.74 bits per heavy atom. The lowest BCUT2D eigenvalue weighted by molar-refractivity contribution is -0.144. The molecule has 1 saturated heterocycles. The number of benzene rings is 2. The lowest BCUT2D eigenvalue weighted by atomic mass is 9.83. The Kier molecular flexibility index (Phi) is 5.86. The fourth-order valence-electron chi connectivity index (χ4n) is 4.46. The maximum atomic E-state index is 13.6. The topological polar surface area (TPSA) is 85.7 Å². The van der Waals surface area contributed by atoms with Crippen LogP contribution in [0.25, 0.3) is 0 Å². The molecule has 2 aliphatic rings. The normalized spacial score (nSPS) is 21.4. The summed E-state index contributed by atoms with van der Waals surface area (Å²) in [5, 5.41) is -0.294. The summed E-state index contributed by atoms with van der Waals surface area (Å²) in [5.41, 5.74) is 1.09. The van der Waals surface area contributed by atoms with E-state index < -0.39 is 40.7 Å². The molecule has 0 spiro atoms. The quantitative estimate of drug-likeness (QED) is 0.396. The van der Waals surface area contributed by atoms with Crippen molar-refractivity contribution in [2.24, 2.45) is 5.92 Å². The fraction of sp³-hybridized carbons (Fsp3) is 0.250. The Morgan fingerprint density at radius 3 is 2.41 bits per heavy atom. The molecule has 34 heavy (non-hydrogen) atoms. The number of carbonyl (C=O) groups is 3. The highest BCUT2D eigenvalue weighted by Crippen LogP contribution is 2.53. The van der Waals surface area contributed by atoms with Crippen LogP contribution in [0.15, 0.2) is 64.4 Å². The van der Waals surface area contributed by atoms with Crippen LogP contribution in [0.3, 0.4) is 0 Å². The molecular weight excluding hydrogens is 479 g/mol. The van der Waals surface area contributed by atoms with E-state index in [4.69, 9.17) is 4.74 Å². The molecule has 0 saturated carbocycles. The van der Waals surface area contributed by atoms with Crippen LogP contribution in [-0.2, 0) is 25.7 Å². The number of aromatic nitrogens is 1. The van der Waals surface area contributed by atoms with Crippen molar-refractivity contribution in [2.45, 2.75) is 29.7 Å². The molecule has 0 radical (unpaired) electrons. The van der Waals surface area contributed by atoms with Crippen molar-refractivity contribution < 1.29 is 23.5 Å². The predicted molar refractivity (Wildman–Crippen MR) is 126 cm³/mol. The van der Waals surface area contributed by atoms with Gasteiger partial charge in [-0.25, -0.2) is 9.29 Å². The SMILES string of the molecule is CCOC(=O)Cn1c2c(sc1=O)[C@H](c1ccccc1)C1C(=O)N(c3ccc(F)cc3)C(=O)C1S2. The molecule has 2 aromatic carbocycles. The van der Waals surface area contributed by atoms with E-state index in [-0.39, 0.29) is 18.0 Å². The lowest BCUT2D eigenvalue weighted by Gasteiger charge is -2.30. The molecule has 2 amide bonds. The van der Waals surface area contributed by atoms with Crippen molar-refractivity contribution in [1.29, 1.82) is 0 Å². The third kappa shape index (κ3) is 3.67. The summed E-state index contributed by atoms with van der Waals surface area (Å²) in [7, 11) is 0. The van der Waals surface area contributed by atoms with E-state index in [0.717, 1.165) is 33.6 Å². The molecule has 0 bridgehead atoms. The molecule has 2 unspecified atom stereocenters. The van der Waals surface area contributed by atoms with Gasteiger partial charge in [-0.15, -0.1) is 0 Å². The van der Waals surface area contributed by atoms with Gasteiger partial charge in [-0.05, 0) is 36.8 Å². The minimum absolute atomic E-state index is 0.185. The third-order valence-electron chi connectivity index (χ3n) is 5.89. The molecule has 7 nitrogen and oxygen atoms in total. The van der Waals surface area contributed by atoms with E-state index in [2.05, 4.69) is 0 Å². The van der Waals surface area contributed by atoms with Gasteiger partial charge in [0.2, 0.25) is 11.8 Å². The Bertz CT molecular complexity index is 1340. The van der Waals surface area contributed by atoms with Crippen molar-refractivity contribution >= 4 is 46.6 Å². The average Bonchev–Trinajstić information content (AvgIpc) is 3.27. The fourth-order valence-corrected chi connectivity index (χ4v) is 7.23. The standard InChI is InChI=1S/C24H19FN2O5S2/c1-2-32-16(28)12-26-23-20(34-24(26)31)17(13-6-4-3-5-7-13)18-19(33-23)22(30)27(21(18)29)15-10-8-14(25)9-11-15/h3-11,17-19H,2,12H2,1H3/t17-,18?,19?/m1/s1. The number of thioether (sulfide) groups is 1. The second kappa shape index (κ2) is 8.84. The number of ether oxygens (including phenoxy) is 1. The van der Waals surface area contributed by atoms with Crippen molar-refractivity contribution in [3.63, 3.8) is 0 Å². The Balaban J connectivity index is 1.63. The molecule has 3 aromatic rings. The summed E-state index contributed by atoms with van der Waals surface area (Å²) in [6.45, 7) is 1.60. The van der Waals surface area contributed by atoms with Crippen LogP contribution in [0.4, 0.5) is 10.1 Å². The first-order valence-electron chi connectivity index (χ1n) is 10.6. The van der Waals surface area contributed by atoms with Crippen LogP contribution in [0.2, 0.25) is 0 Å². The number of anilines is 1. The van der Waals surface area contributed by atoms with Gasteiger partial charge in [0, 0.05) is 10.8 Å². The molecule has 3 heterocycles. The maximum absolute atomic E-state index is 13.6. The maximum Gasteiger partial charge on any atom is 0.326 e. The number of esters is 1. The minimum Gasteiger partial charge on any atom is -0.465 e. The number of hydrogen-bond acceptors (Lipinski definition) is 7. The van der Waals surface area contributed by atoms with Crippen molar-refractivity contribution in [2.75, 3.05) is 11.5 Å². The number of thiazole rings is 1. The molecule has 2 aliphatic heterocycles. The summed E-state index contributed by atoms with van der Waals surface area (Å²) in [5.74, 6) is -3.13. The van der Waals surface area contributed by atoms with Gasteiger partial charge in [0.15, 0.2) is 0 Å². The first kappa shape index (κ1) is 22.5. The van der Waals surface area contributed by atoms with Gasteiger partial charge in [0.1, 0.15) is 17.6 Å². The van der Waals surface area contributed by atoms with E-state index in [9.17, 15) is 23.6 Å². The van der Waals surface area contributed by atoms with Crippen LogP contribution in [0.5, 0.6) is 0 Å². The Morgan fingerprint density at radius 1 is 1.03 bits per heavy atom. The molecule has 1 aromatic heterocycles. The van der Waals surface area contributed by atoms with Crippen molar-refractivity contribution in [1.82, 2.24) is 4.57 Å². The summed E-state index contributed by atoms with van der Waals surface area (Å²) in [6, 6.07) is 14.4. The van der Waals surface area contributed by atoms with Crippen LogP contribution >= 0.6 is 23.1 Å². The second-order valence-electron chi connectivity index (χ2n) is 7.87. The Labute approximate surface area is 202 Å². The zero-order valence-electron chi connectivity index (χ0n) is 18.0. The molecule has 0 aliphatic carbocycles. The number of rotatable bonds is 5. The van der Waals surface area contributed by atoms with E-state index in [0.29, 0.717) is 15.6 Å². The second-order valence-corrected chi connectivity index (χ2v) is 9.99. The zero-order valence-corrected chi connectivity index (χ0v) is 19.6. The van der Waals surface area contributed by atoms with Gasteiger partial charge in [-0.2, -0.15) is 0 Å². The number of hydrogen-bond donors (Lipinski definition) is 0. The number of halogens is 1. The van der Waals surface area contributed by atoms with Gasteiger partial charge < -0.3 is 4.74 Å². The number of nitrogens with zero attached hydrogens (tertiary/aromatic N) is 2. The highest BCUT2D eigenvalue weighted by Gasteiger charge is 2.56. The van der Waals surface area contributed by atoms with Gasteiger partial charge in [-0.3, -0.25) is 23.7 Å². The molecule has 10 heteroatoms. The number of carbonyl (C=O) groups excluding carboxylic acids is 3. The van der Waals surface area contributed by atoms with Gasteiger partial charge >= 0.3 is 10.8 Å². The van der Waals surface area contributed by atoms with Crippen molar-refractivity contribution in [3.05, 3.63) is 80.5 Å². The van der Waals surface area contributed by atoms with Crippen molar-refractivity contribution in [3.8, 4) is 0 Å². The van der Waals surface area contributed by atoms with Gasteiger partial charge in [0.25, 0.3) is 0 Å². The Hall–Kier alpha value is -3.24. The predicted octanol–water partition coefficient (Wildman–Crippen LogP) is 3.41. The summed E-state index contributed by atoms with van der Waals surface area (Å²) in [6.07, 6.45) is 0. The van der Waals surface area contributed by atoms with E-state index in [1.807, 2.05) is 30.3 Å². The number of fused-ring (bicyclic) bond motifs is 2. The first-order chi connectivity index (χ1) is 16.4. The number of amides is 2. The molecular formula is C24H19FN2O5S2. The van der Waals surface area contributed by atoms with Crippen LogP contribution in [-0.4, -0.2) is 34.2 Å². The number of imide groups is 1. The summed E-state index contributed by atoms with van der Waals surface area (Å²) >= 11 is 2.10. The molecule has 1 fully saturated rings. The first-order valence-corrected chi connectivity index (χ1v) is 12.3. The highest BCUT2D eigenvalue weighted by molar-refractivity contribution is 8.00. The summed E-state index contributed by atoms with van der Waals surface area (Å²) in [4.78, 5) is 53.5. The molecule has 5 rings (SSSR count). The zero-order chi connectivity index (χ0) is 24.0. The molecule has 3 atom stereocenters. The average molecular weight is 499 g/mol. The minimum atomic E-state index is -0.794.